The van der Waals surface area contributed by atoms with E-state index in [2.05, 4.69) is 12.6 Å². The lowest BCUT2D eigenvalue weighted by Crippen LogP contribution is -2.07. The summed E-state index contributed by atoms with van der Waals surface area (Å²) < 4.78 is 4.94. The zero-order valence-corrected chi connectivity index (χ0v) is 7.54. The fourth-order valence-electron chi connectivity index (χ4n) is 1.15. The predicted molar refractivity (Wildman–Crippen MR) is 54.1 cm³/mol. The lowest BCUT2D eigenvalue weighted by molar-refractivity contribution is 0.561. The summed E-state index contributed by atoms with van der Waals surface area (Å²) in [6.07, 6.45) is 0. The number of hydrogen-bond donors (Lipinski definition) is 2. The van der Waals surface area contributed by atoms with Crippen molar-refractivity contribution >= 4 is 29.3 Å². The van der Waals surface area contributed by atoms with Crippen LogP contribution in [0.2, 0.25) is 0 Å². The average Bonchev–Trinajstić information content (AvgIpc) is 2.15. The first kappa shape index (κ1) is 8.19. The van der Waals surface area contributed by atoms with Crippen LogP contribution in [0.4, 0.5) is 5.69 Å². The summed E-state index contributed by atoms with van der Waals surface area (Å²) in [4.78, 5) is 11.6. The number of nitrogen functional groups attached to an aromatic ring is 1. The number of hydrogen-bond acceptors (Lipinski definition) is 4. The van der Waals surface area contributed by atoms with Crippen LogP contribution in [0, 0.1) is 0 Å². The second-order valence-electron chi connectivity index (χ2n) is 2.65. The van der Waals surface area contributed by atoms with Crippen LogP contribution in [0.15, 0.2) is 38.4 Å². The Morgan fingerprint density at radius 2 is 2.00 bits per heavy atom. The molecule has 1 heterocycles. The van der Waals surface area contributed by atoms with E-state index in [9.17, 15) is 4.79 Å². The van der Waals surface area contributed by atoms with Crippen molar-refractivity contribution in [3.05, 3.63) is 34.7 Å². The molecule has 0 radical (unpaired) electrons. The van der Waals surface area contributed by atoms with Crippen molar-refractivity contribution in [2.45, 2.75) is 4.90 Å². The van der Waals surface area contributed by atoms with Crippen molar-refractivity contribution in [2.75, 3.05) is 5.73 Å². The van der Waals surface area contributed by atoms with E-state index in [-0.39, 0.29) is 5.69 Å². The van der Waals surface area contributed by atoms with E-state index < -0.39 is 5.63 Å². The van der Waals surface area contributed by atoms with Crippen molar-refractivity contribution in [3.8, 4) is 0 Å². The van der Waals surface area contributed by atoms with Gasteiger partial charge in [-0.15, -0.1) is 12.6 Å². The summed E-state index contributed by atoms with van der Waals surface area (Å²) >= 11 is 4.15. The van der Waals surface area contributed by atoms with Crippen molar-refractivity contribution in [3.63, 3.8) is 0 Å². The molecule has 0 aliphatic carbocycles. The van der Waals surface area contributed by atoms with E-state index in [0.717, 1.165) is 5.39 Å². The van der Waals surface area contributed by atoms with Crippen LogP contribution in [0.1, 0.15) is 0 Å². The molecule has 0 saturated heterocycles. The number of thiol groups is 1. The van der Waals surface area contributed by atoms with Gasteiger partial charge in [-0.2, -0.15) is 0 Å². The summed E-state index contributed by atoms with van der Waals surface area (Å²) in [6.45, 7) is 0. The summed E-state index contributed by atoms with van der Waals surface area (Å²) in [5.74, 6) is 0. The maximum Gasteiger partial charge on any atom is 0.360 e. The Balaban J connectivity index is 3.02. The van der Waals surface area contributed by atoms with E-state index in [1.54, 1.807) is 18.2 Å². The van der Waals surface area contributed by atoms with Gasteiger partial charge in [-0.1, -0.05) is 18.2 Å². The van der Waals surface area contributed by atoms with E-state index in [1.165, 1.54) is 0 Å². The SMILES string of the molecule is Nc1c(S)c2ccccc2oc1=O. The summed E-state index contributed by atoms with van der Waals surface area (Å²) in [6, 6.07) is 7.13. The molecule has 1 aromatic heterocycles. The second-order valence-corrected chi connectivity index (χ2v) is 3.10. The molecule has 1 aromatic carbocycles. The first-order valence-electron chi connectivity index (χ1n) is 3.70. The van der Waals surface area contributed by atoms with Gasteiger partial charge in [0.05, 0.1) is 0 Å². The monoisotopic (exact) mass is 193 g/mol. The molecular weight excluding hydrogens is 186 g/mol. The molecule has 0 atom stereocenters. The molecule has 66 valence electrons. The fraction of sp³-hybridized carbons (Fsp3) is 0. The molecule has 0 fully saturated rings. The Kier molecular flexibility index (Phi) is 1.77. The molecule has 0 spiro atoms. The molecule has 2 rings (SSSR count). The Morgan fingerprint density at radius 3 is 2.77 bits per heavy atom. The van der Waals surface area contributed by atoms with Gasteiger partial charge in [-0.05, 0) is 6.07 Å². The van der Waals surface area contributed by atoms with Crippen LogP contribution in [0.25, 0.3) is 11.0 Å². The number of nitrogens with two attached hydrogens (primary N) is 1. The molecular formula is C9H7NO2S. The number of rotatable bonds is 0. The number of anilines is 1. The Labute approximate surface area is 79.6 Å². The molecule has 2 aromatic rings. The fourth-order valence-corrected chi connectivity index (χ4v) is 1.42. The molecule has 3 nitrogen and oxygen atoms in total. The van der Waals surface area contributed by atoms with Crippen LogP contribution in [0.3, 0.4) is 0 Å². The maximum atomic E-state index is 11.1. The average molecular weight is 193 g/mol. The summed E-state index contributed by atoms with van der Waals surface area (Å²) in [5, 5.41) is 0.753. The van der Waals surface area contributed by atoms with Gasteiger partial charge in [0, 0.05) is 10.3 Å². The van der Waals surface area contributed by atoms with Crippen LogP contribution >= 0.6 is 12.6 Å². The first-order chi connectivity index (χ1) is 6.20. The quantitative estimate of drug-likeness (QED) is 0.494. The standard InChI is InChI=1S/C9H7NO2S/c10-7-8(13)5-3-1-2-4-6(5)12-9(7)11/h1-4,13H,10H2. The highest BCUT2D eigenvalue weighted by molar-refractivity contribution is 7.80. The highest BCUT2D eigenvalue weighted by Gasteiger charge is 2.06. The molecule has 0 bridgehead atoms. The molecule has 4 heteroatoms. The van der Waals surface area contributed by atoms with E-state index >= 15 is 0 Å². The lowest BCUT2D eigenvalue weighted by Gasteiger charge is -2.01. The number of benzene rings is 1. The summed E-state index contributed by atoms with van der Waals surface area (Å²) in [5.41, 5.74) is 5.49. The normalized spacial score (nSPS) is 10.5. The third kappa shape index (κ3) is 1.19. The minimum atomic E-state index is -0.538. The van der Waals surface area contributed by atoms with Gasteiger partial charge < -0.3 is 10.2 Å². The Bertz CT molecular complexity index is 518. The van der Waals surface area contributed by atoms with Gasteiger partial charge in [0.1, 0.15) is 11.3 Å². The third-order valence-electron chi connectivity index (χ3n) is 1.82. The zero-order chi connectivity index (χ0) is 9.42. The Hall–Kier alpha value is -1.42. The van der Waals surface area contributed by atoms with Gasteiger partial charge in [0.25, 0.3) is 0 Å². The molecule has 0 aliphatic rings. The van der Waals surface area contributed by atoms with Crippen molar-refractivity contribution < 1.29 is 4.42 Å². The molecule has 0 aliphatic heterocycles. The smallest absolute Gasteiger partial charge is 0.360 e. The van der Waals surface area contributed by atoms with Crippen molar-refractivity contribution in [1.29, 1.82) is 0 Å². The topological polar surface area (TPSA) is 56.2 Å². The van der Waals surface area contributed by atoms with Crippen molar-refractivity contribution in [1.82, 2.24) is 0 Å². The van der Waals surface area contributed by atoms with E-state index in [1.807, 2.05) is 6.07 Å². The van der Waals surface area contributed by atoms with Gasteiger partial charge in [-0.3, -0.25) is 0 Å². The van der Waals surface area contributed by atoms with Gasteiger partial charge in [-0.25, -0.2) is 4.79 Å². The largest absolute Gasteiger partial charge is 0.421 e. The van der Waals surface area contributed by atoms with Crippen LogP contribution in [-0.2, 0) is 0 Å². The zero-order valence-electron chi connectivity index (χ0n) is 6.65. The first-order valence-corrected chi connectivity index (χ1v) is 4.15. The molecule has 0 amide bonds. The second kappa shape index (κ2) is 2.81. The minimum absolute atomic E-state index is 0.0574. The molecule has 2 N–H and O–H groups in total. The molecule has 0 unspecified atom stereocenters. The highest BCUT2D eigenvalue weighted by atomic mass is 32.1. The Morgan fingerprint density at radius 1 is 1.31 bits per heavy atom. The van der Waals surface area contributed by atoms with Gasteiger partial charge in [0.2, 0.25) is 0 Å². The maximum absolute atomic E-state index is 11.1. The predicted octanol–water partition coefficient (Wildman–Crippen LogP) is 1.66. The molecule has 0 saturated carbocycles. The van der Waals surface area contributed by atoms with E-state index in [4.69, 9.17) is 10.2 Å². The van der Waals surface area contributed by atoms with E-state index in [0.29, 0.717) is 10.5 Å². The van der Waals surface area contributed by atoms with Crippen molar-refractivity contribution in [2.24, 2.45) is 0 Å². The van der Waals surface area contributed by atoms with Crippen LogP contribution in [-0.4, -0.2) is 0 Å². The lowest BCUT2D eigenvalue weighted by atomic mass is 10.2. The number of fused-ring (bicyclic) bond motifs is 1. The van der Waals surface area contributed by atoms with Crippen LogP contribution < -0.4 is 11.4 Å². The minimum Gasteiger partial charge on any atom is -0.421 e. The third-order valence-corrected chi connectivity index (χ3v) is 2.30. The van der Waals surface area contributed by atoms with Gasteiger partial charge >= 0.3 is 5.63 Å². The molecule has 13 heavy (non-hydrogen) atoms. The highest BCUT2D eigenvalue weighted by Crippen LogP contribution is 2.23. The van der Waals surface area contributed by atoms with Gasteiger partial charge in [0.15, 0.2) is 0 Å². The number of para-hydroxylation sites is 1. The summed E-state index contributed by atoms with van der Waals surface area (Å²) in [7, 11) is 0. The van der Waals surface area contributed by atoms with Crippen LogP contribution in [0.5, 0.6) is 0 Å².